The van der Waals surface area contributed by atoms with E-state index in [1.165, 1.54) is 12.1 Å². The van der Waals surface area contributed by atoms with E-state index in [1.807, 2.05) is 0 Å². The molecule has 0 radical (unpaired) electrons. The average Bonchev–Trinajstić information content (AvgIpc) is 2.26. The second kappa shape index (κ2) is 5.60. The third kappa shape index (κ3) is 4.37. The summed E-state index contributed by atoms with van der Waals surface area (Å²) in [7, 11) is 0. The molecule has 0 aromatic heterocycles. The monoisotopic (exact) mass is 244 g/mol. The lowest BCUT2D eigenvalue weighted by Gasteiger charge is -2.12. The van der Waals surface area contributed by atoms with E-state index in [9.17, 15) is 18.3 Å². The van der Waals surface area contributed by atoms with E-state index in [-0.39, 0.29) is 18.8 Å². The van der Waals surface area contributed by atoms with Gasteiger partial charge in [0, 0.05) is 6.42 Å². The topological polar surface area (TPSA) is 29.5 Å². The van der Waals surface area contributed by atoms with Crippen molar-refractivity contribution < 1.29 is 23.0 Å². The number of halogens is 3. The van der Waals surface area contributed by atoms with Crippen LogP contribution in [0.5, 0.6) is 5.75 Å². The van der Waals surface area contributed by atoms with Gasteiger partial charge in [0.15, 0.2) is 0 Å². The van der Waals surface area contributed by atoms with Gasteiger partial charge in [0.05, 0.1) is 11.7 Å². The minimum absolute atomic E-state index is 0.0518. The van der Waals surface area contributed by atoms with Gasteiger partial charge in [0.1, 0.15) is 12.4 Å². The van der Waals surface area contributed by atoms with Crippen LogP contribution in [0.3, 0.4) is 0 Å². The molecule has 0 spiro atoms. The molecule has 1 atom stereocenters. The van der Waals surface area contributed by atoms with Crippen LogP contribution in [0.15, 0.2) is 24.3 Å². The normalized spacial score (nSPS) is 12.9. The van der Waals surface area contributed by atoms with Gasteiger partial charge in [-0.3, -0.25) is 0 Å². The Hall–Kier alpha value is -1.67. The van der Waals surface area contributed by atoms with Crippen molar-refractivity contribution in [1.82, 2.24) is 0 Å². The van der Waals surface area contributed by atoms with Crippen molar-refractivity contribution in [1.29, 1.82) is 0 Å². The maximum absolute atomic E-state index is 12.4. The second-order valence-electron chi connectivity index (χ2n) is 3.40. The number of ether oxygens (including phenoxy) is 1. The fraction of sp³-hybridized carbons (Fsp3) is 0.333. The van der Waals surface area contributed by atoms with E-state index in [4.69, 9.17) is 11.2 Å². The maximum Gasteiger partial charge on any atom is 0.416 e. The molecule has 92 valence electrons. The Morgan fingerprint density at radius 1 is 1.41 bits per heavy atom. The van der Waals surface area contributed by atoms with Gasteiger partial charge >= 0.3 is 6.18 Å². The Labute approximate surface area is 97.0 Å². The van der Waals surface area contributed by atoms with E-state index in [0.717, 1.165) is 12.1 Å². The van der Waals surface area contributed by atoms with Gasteiger partial charge in [-0.1, -0.05) is 6.07 Å². The number of hydrogen-bond donors (Lipinski definition) is 1. The standard InChI is InChI=1S/C12H11F3O2/c1-2-4-10(16)8-17-11-6-3-5-9(7-11)12(13,14)15/h1,3,5-7,10,16H,4,8H2. The van der Waals surface area contributed by atoms with E-state index >= 15 is 0 Å². The molecular formula is C12H11F3O2. The highest BCUT2D eigenvalue weighted by molar-refractivity contribution is 5.30. The first kappa shape index (κ1) is 13.4. The Balaban J connectivity index is 2.64. The second-order valence-corrected chi connectivity index (χ2v) is 3.40. The molecule has 5 heteroatoms. The summed E-state index contributed by atoms with van der Waals surface area (Å²) in [5.41, 5.74) is -0.790. The van der Waals surface area contributed by atoms with Gasteiger partial charge in [-0.25, -0.2) is 0 Å². The molecular weight excluding hydrogens is 233 g/mol. The van der Waals surface area contributed by atoms with Crippen molar-refractivity contribution >= 4 is 0 Å². The van der Waals surface area contributed by atoms with Gasteiger partial charge in [-0.2, -0.15) is 13.2 Å². The van der Waals surface area contributed by atoms with Crippen molar-refractivity contribution in [2.75, 3.05) is 6.61 Å². The van der Waals surface area contributed by atoms with Crippen LogP contribution in [0.4, 0.5) is 13.2 Å². The summed E-state index contributed by atoms with van der Waals surface area (Å²) < 4.78 is 42.1. The molecule has 1 rings (SSSR count). The third-order valence-corrected chi connectivity index (χ3v) is 1.96. The molecule has 1 N–H and O–H groups in total. The van der Waals surface area contributed by atoms with Gasteiger partial charge < -0.3 is 9.84 Å². The van der Waals surface area contributed by atoms with Gasteiger partial charge in [-0.05, 0) is 18.2 Å². The largest absolute Gasteiger partial charge is 0.491 e. The molecule has 1 aromatic rings. The maximum atomic E-state index is 12.4. The fourth-order valence-corrected chi connectivity index (χ4v) is 1.15. The number of aliphatic hydroxyl groups excluding tert-OH is 1. The predicted molar refractivity (Wildman–Crippen MR) is 56.4 cm³/mol. The molecule has 0 aliphatic carbocycles. The first-order valence-electron chi connectivity index (χ1n) is 4.85. The molecule has 2 nitrogen and oxygen atoms in total. The summed E-state index contributed by atoms with van der Waals surface area (Å²) in [5.74, 6) is 2.28. The smallest absolute Gasteiger partial charge is 0.416 e. The third-order valence-electron chi connectivity index (χ3n) is 1.96. The highest BCUT2D eigenvalue weighted by Gasteiger charge is 2.30. The molecule has 1 aromatic carbocycles. The molecule has 0 bridgehead atoms. The number of aliphatic hydroxyl groups is 1. The minimum atomic E-state index is -4.41. The zero-order valence-electron chi connectivity index (χ0n) is 8.87. The van der Waals surface area contributed by atoms with Crippen LogP contribution in [0.2, 0.25) is 0 Å². The van der Waals surface area contributed by atoms with Gasteiger partial charge in [-0.15, -0.1) is 12.3 Å². The molecule has 0 aliphatic rings. The number of rotatable bonds is 4. The Bertz CT molecular complexity index is 407. The van der Waals surface area contributed by atoms with Crippen LogP contribution in [-0.4, -0.2) is 17.8 Å². The van der Waals surface area contributed by atoms with Crippen molar-refractivity contribution in [2.45, 2.75) is 18.7 Å². The Morgan fingerprint density at radius 2 is 2.12 bits per heavy atom. The van der Waals surface area contributed by atoms with Crippen molar-refractivity contribution in [3.05, 3.63) is 29.8 Å². The zero-order valence-corrected chi connectivity index (χ0v) is 8.87. The molecule has 0 amide bonds. The highest BCUT2D eigenvalue weighted by atomic mass is 19.4. The lowest BCUT2D eigenvalue weighted by molar-refractivity contribution is -0.137. The molecule has 0 heterocycles. The van der Waals surface area contributed by atoms with Crippen LogP contribution >= 0.6 is 0 Å². The molecule has 1 unspecified atom stereocenters. The summed E-state index contributed by atoms with van der Waals surface area (Å²) in [6.45, 7) is -0.133. The number of alkyl halides is 3. The quantitative estimate of drug-likeness (QED) is 0.824. The summed E-state index contributed by atoms with van der Waals surface area (Å²) in [4.78, 5) is 0. The number of benzene rings is 1. The van der Waals surface area contributed by atoms with Crippen molar-refractivity contribution in [3.8, 4) is 18.1 Å². The van der Waals surface area contributed by atoms with Crippen LogP contribution in [0.25, 0.3) is 0 Å². The SMILES string of the molecule is C#CCC(O)COc1cccc(C(F)(F)F)c1. The van der Waals surface area contributed by atoms with Gasteiger partial charge in [0.25, 0.3) is 0 Å². The Morgan fingerprint density at radius 3 is 2.71 bits per heavy atom. The average molecular weight is 244 g/mol. The molecule has 0 saturated heterocycles. The van der Waals surface area contributed by atoms with Crippen LogP contribution in [0.1, 0.15) is 12.0 Å². The fourth-order valence-electron chi connectivity index (χ4n) is 1.15. The molecule has 17 heavy (non-hydrogen) atoms. The van der Waals surface area contributed by atoms with Crippen molar-refractivity contribution in [2.24, 2.45) is 0 Å². The summed E-state index contributed by atoms with van der Waals surface area (Å²) in [5, 5.41) is 9.25. The summed E-state index contributed by atoms with van der Waals surface area (Å²) in [6.07, 6.45) is -0.225. The van der Waals surface area contributed by atoms with Crippen LogP contribution in [-0.2, 0) is 6.18 Å². The van der Waals surface area contributed by atoms with E-state index < -0.39 is 17.8 Å². The first-order valence-corrected chi connectivity index (χ1v) is 4.85. The lowest BCUT2D eigenvalue weighted by Crippen LogP contribution is -2.16. The first-order chi connectivity index (χ1) is 7.93. The molecule has 0 fully saturated rings. The number of hydrogen-bond acceptors (Lipinski definition) is 2. The molecule has 0 aliphatic heterocycles. The minimum Gasteiger partial charge on any atom is -0.491 e. The van der Waals surface area contributed by atoms with E-state index in [1.54, 1.807) is 0 Å². The predicted octanol–water partition coefficient (Wildman–Crippen LogP) is 2.47. The van der Waals surface area contributed by atoms with Crippen LogP contribution in [0, 0.1) is 12.3 Å². The van der Waals surface area contributed by atoms with E-state index in [0.29, 0.717) is 0 Å². The molecule has 0 saturated carbocycles. The van der Waals surface area contributed by atoms with Crippen LogP contribution < -0.4 is 4.74 Å². The summed E-state index contributed by atoms with van der Waals surface area (Å²) in [6, 6.07) is 4.46. The van der Waals surface area contributed by atoms with E-state index in [2.05, 4.69) is 5.92 Å². The summed E-state index contributed by atoms with van der Waals surface area (Å²) >= 11 is 0. The number of terminal acetylenes is 1. The van der Waals surface area contributed by atoms with Crippen molar-refractivity contribution in [3.63, 3.8) is 0 Å². The Kier molecular flexibility index (Phi) is 4.41. The van der Waals surface area contributed by atoms with Gasteiger partial charge in [0.2, 0.25) is 0 Å². The lowest BCUT2D eigenvalue weighted by atomic mass is 10.2. The highest BCUT2D eigenvalue weighted by Crippen LogP contribution is 2.31. The zero-order chi connectivity index (χ0) is 12.9.